The highest BCUT2D eigenvalue weighted by molar-refractivity contribution is 7.89. The summed E-state index contributed by atoms with van der Waals surface area (Å²) in [6.45, 7) is 4.03. The molecule has 156 valence electrons. The van der Waals surface area contributed by atoms with Crippen molar-refractivity contribution in [1.29, 1.82) is 0 Å². The van der Waals surface area contributed by atoms with Crippen molar-refractivity contribution < 1.29 is 13.5 Å². The predicted octanol–water partition coefficient (Wildman–Crippen LogP) is 3.80. The van der Waals surface area contributed by atoms with Crippen LogP contribution in [-0.2, 0) is 10.0 Å². The number of piperazine rings is 1. The van der Waals surface area contributed by atoms with Gasteiger partial charge in [-0.1, -0.05) is 66.2 Å². The minimum Gasteiger partial charge on any atom is -0.508 e. The molecule has 3 aromatic rings. The Morgan fingerprint density at radius 2 is 1.40 bits per heavy atom. The van der Waals surface area contributed by atoms with E-state index in [1.54, 1.807) is 34.6 Å². The molecule has 0 aliphatic carbocycles. The van der Waals surface area contributed by atoms with Crippen LogP contribution in [0.5, 0.6) is 5.75 Å². The summed E-state index contributed by atoms with van der Waals surface area (Å²) < 4.78 is 27.5. The van der Waals surface area contributed by atoms with Crippen LogP contribution in [0.2, 0.25) is 0 Å². The molecule has 0 aromatic heterocycles. The van der Waals surface area contributed by atoms with Crippen molar-refractivity contribution in [2.24, 2.45) is 0 Å². The molecule has 0 unspecified atom stereocenters. The van der Waals surface area contributed by atoms with Crippen molar-refractivity contribution in [3.05, 3.63) is 95.6 Å². The zero-order valence-corrected chi connectivity index (χ0v) is 17.8. The largest absolute Gasteiger partial charge is 0.508 e. The summed E-state index contributed by atoms with van der Waals surface area (Å²) in [5, 5.41) is 10.5. The highest BCUT2D eigenvalue weighted by Crippen LogP contribution is 2.35. The zero-order chi connectivity index (χ0) is 21.1. The minimum atomic E-state index is -3.50. The van der Waals surface area contributed by atoms with E-state index in [9.17, 15) is 13.5 Å². The molecule has 0 saturated carbocycles. The Kier molecular flexibility index (Phi) is 5.90. The normalized spacial score (nSPS) is 17.0. The molecule has 1 fully saturated rings. The molecule has 1 N–H and O–H groups in total. The molecule has 0 bridgehead atoms. The van der Waals surface area contributed by atoms with Gasteiger partial charge < -0.3 is 5.11 Å². The summed E-state index contributed by atoms with van der Waals surface area (Å²) in [5.41, 5.74) is 3.09. The van der Waals surface area contributed by atoms with Gasteiger partial charge in [0.2, 0.25) is 10.0 Å². The molecule has 1 aliphatic rings. The maximum atomic E-state index is 13.0. The average Bonchev–Trinajstić information content (AvgIpc) is 2.77. The second kappa shape index (κ2) is 8.60. The monoisotopic (exact) mass is 422 g/mol. The maximum absolute atomic E-state index is 13.0. The number of sulfonamides is 1. The van der Waals surface area contributed by atoms with Crippen molar-refractivity contribution in [2.75, 3.05) is 26.2 Å². The van der Waals surface area contributed by atoms with Crippen molar-refractivity contribution in [1.82, 2.24) is 9.21 Å². The SMILES string of the molecule is Cc1ccc([C@@H](c2ccccc2O)N2CCN(S(=O)(=O)c3ccccc3)CC2)cc1. The Hall–Kier alpha value is -2.67. The van der Waals surface area contributed by atoms with E-state index in [0.29, 0.717) is 31.1 Å². The maximum Gasteiger partial charge on any atom is 0.243 e. The first-order valence-electron chi connectivity index (χ1n) is 10.1. The molecular formula is C24H26N2O3S. The van der Waals surface area contributed by atoms with Crippen LogP contribution < -0.4 is 0 Å². The molecule has 0 spiro atoms. The van der Waals surface area contributed by atoms with Gasteiger partial charge in [0, 0.05) is 31.7 Å². The summed E-state index contributed by atoms with van der Waals surface area (Å²) in [6.07, 6.45) is 0. The summed E-state index contributed by atoms with van der Waals surface area (Å²) in [6, 6.07) is 24.1. The molecule has 1 atom stereocenters. The number of hydrogen-bond donors (Lipinski definition) is 1. The number of benzene rings is 3. The Labute approximate surface area is 178 Å². The predicted molar refractivity (Wildman–Crippen MR) is 118 cm³/mol. The minimum absolute atomic E-state index is 0.131. The topological polar surface area (TPSA) is 60.9 Å². The molecule has 6 heteroatoms. The molecule has 1 saturated heterocycles. The lowest BCUT2D eigenvalue weighted by Gasteiger charge is -2.39. The van der Waals surface area contributed by atoms with Crippen LogP contribution in [0, 0.1) is 6.92 Å². The summed E-state index contributed by atoms with van der Waals surface area (Å²) in [7, 11) is -3.50. The molecule has 5 nitrogen and oxygen atoms in total. The van der Waals surface area contributed by atoms with Crippen molar-refractivity contribution in [2.45, 2.75) is 17.9 Å². The summed E-state index contributed by atoms with van der Waals surface area (Å²) in [5.74, 6) is 0.252. The van der Waals surface area contributed by atoms with Gasteiger partial charge in [-0.05, 0) is 30.7 Å². The van der Waals surface area contributed by atoms with Crippen molar-refractivity contribution in [3.8, 4) is 5.75 Å². The standard InChI is InChI=1S/C24H26N2O3S/c1-19-11-13-20(14-12-19)24(22-9-5-6-10-23(22)27)25-15-17-26(18-16-25)30(28,29)21-7-3-2-4-8-21/h2-14,24,27H,15-18H2,1H3/t24-/m0/s1. The highest BCUT2D eigenvalue weighted by atomic mass is 32.2. The Balaban J connectivity index is 1.60. The number of phenolic OH excluding ortho intramolecular Hbond substituents is 1. The van der Waals surface area contributed by atoms with Gasteiger partial charge in [0.1, 0.15) is 5.75 Å². The van der Waals surface area contributed by atoms with Gasteiger partial charge in [-0.15, -0.1) is 0 Å². The molecule has 0 amide bonds. The van der Waals surface area contributed by atoms with Crippen LogP contribution in [0.15, 0.2) is 83.8 Å². The van der Waals surface area contributed by atoms with Gasteiger partial charge in [-0.3, -0.25) is 4.90 Å². The van der Waals surface area contributed by atoms with Crippen LogP contribution in [-0.4, -0.2) is 48.9 Å². The fourth-order valence-electron chi connectivity index (χ4n) is 4.00. The first-order chi connectivity index (χ1) is 14.5. The Morgan fingerprint density at radius 3 is 2.03 bits per heavy atom. The van der Waals surface area contributed by atoms with E-state index in [1.807, 2.05) is 31.2 Å². The fourth-order valence-corrected chi connectivity index (χ4v) is 5.44. The van der Waals surface area contributed by atoms with Gasteiger partial charge in [0.25, 0.3) is 0 Å². The number of aryl methyl sites for hydroxylation is 1. The second-order valence-electron chi connectivity index (χ2n) is 7.63. The number of aromatic hydroxyl groups is 1. The van der Waals surface area contributed by atoms with Gasteiger partial charge in [0.05, 0.1) is 10.9 Å². The lowest BCUT2D eigenvalue weighted by Crippen LogP contribution is -2.49. The number of nitrogens with zero attached hydrogens (tertiary/aromatic N) is 2. The molecule has 1 aliphatic heterocycles. The fraction of sp³-hybridized carbons (Fsp3) is 0.250. The second-order valence-corrected chi connectivity index (χ2v) is 9.56. The van der Waals surface area contributed by atoms with Crippen LogP contribution in [0.4, 0.5) is 0 Å². The third kappa shape index (κ3) is 4.12. The molecule has 0 radical (unpaired) electrons. The summed E-state index contributed by atoms with van der Waals surface area (Å²) in [4.78, 5) is 2.57. The van der Waals surface area contributed by atoms with E-state index >= 15 is 0 Å². The number of rotatable bonds is 5. The van der Waals surface area contributed by atoms with E-state index in [-0.39, 0.29) is 11.8 Å². The molecule has 3 aromatic carbocycles. The van der Waals surface area contributed by atoms with Crippen LogP contribution in [0.25, 0.3) is 0 Å². The number of hydrogen-bond acceptors (Lipinski definition) is 4. The molecule has 4 rings (SSSR count). The molecular weight excluding hydrogens is 396 g/mol. The average molecular weight is 423 g/mol. The first-order valence-corrected chi connectivity index (χ1v) is 11.5. The van der Waals surface area contributed by atoms with Gasteiger partial charge in [-0.2, -0.15) is 4.31 Å². The number of para-hydroxylation sites is 1. The van der Waals surface area contributed by atoms with Crippen LogP contribution in [0.3, 0.4) is 0 Å². The van der Waals surface area contributed by atoms with E-state index in [2.05, 4.69) is 29.2 Å². The van der Waals surface area contributed by atoms with Gasteiger partial charge in [0.15, 0.2) is 0 Å². The third-order valence-corrected chi connectivity index (χ3v) is 7.56. The van der Waals surface area contributed by atoms with E-state index < -0.39 is 10.0 Å². The summed E-state index contributed by atoms with van der Waals surface area (Å²) >= 11 is 0. The van der Waals surface area contributed by atoms with E-state index in [4.69, 9.17) is 0 Å². The quantitative estimate of drug-likeness (QED) is 0.680. The van der Waals surface area contributed by atoms with E-state index in [0.717, 1.165) is 11.1 Å². The van der Waals surface area contributed by atoms with Gasteiger partial charge in [-0.25, -0.2) is 8.42 Å². The van der Waals surface area contributed by atoms with Crippen LogP contribution in [0.1, 0.15) is 22.7 Å². The number of phenols is 1. The highest BCUT2D eigenvalue weighted by Gasteiger charge is 2.32. The molecule has 30 heavy (non-hydrogen) atoms. The molecule has 1 heterocycles. The van der Waals surface area contributed by atoms with Crippen LogP contribution >= 0.6 is 0 Å². The lowest BCUT2D eigenvalue weighted by atomic mass is 9.95. The first kappa shape index (κ1) is 20.6. The third-order valence-electron chi connectivity index (χ3n) is 5.64. The van der Waals surface area contributed by atoms with Gasteiger partial charge >= 0.3 is 0 Å². The lowest BCUT2D eigenvalue weighted by molar-refractivity contribution is 0.154. The van der Waals surface area contributed by atoms with E-state index in [1.165, 1.54) is 5.56 Å². The Morgan fingerprint density at radius 1 is 0.800 bits per heavy atom. The Bertz CT molecular complexity index is 1090. The van der Waals surface area contributed by atoms with Crippen molar-refractivity contribution >= 4 is 10.0 Å². The smallest absolute Gasteiger partial charge is 0.243 e. The zero-order valence-electron chi connectivity index (χ0n) is 17.0. The van der Waals surface area contributed by atoms with Crippen molar-refractivity contribution in [3.63, 3.8) is 0 Å².